The van der Waals surface area contributed by atoms with Crippen LogP contribution in [-0.4, -0.2) is 24.1 Å². The Labute approximate surface area is 96.5 Å². The van der Waals surface area contributed by atoms with Gasteiger partial charge in [0, 0.05) is 18.0 Å². The van der Waals surface area contributed by atoms with E-state index >= 15 is 0 Å². The number of halogens is 1. The Kier molecular flexibility index (Phi) is 4.44. The van der Waals surface area contributed by atoms with E-state index in [-0.39, 0.29) is 29.4 Å². The van der Waals surface area contributed by atoms with Crippen molar-refractivity contribution in [1.82, 2.24) is 5.32 Å². The summed E-state index contributed by atoms with van der Waals surface area (Å²) in [6.45, 7) is 0.382. The average Bonchev–Trinajstić information content (AvgIpc) is 2.27. The third-order valence-corrected chi connectivity index (χ3v) is 2.08. The third kappa shape index (κ3) is 3.34. The molecule has 1 aromatic rings. The van der Waals surface area contributed by atoms with Gasteiger partial charge >= 0.3 is 0 Å². The minimum atomic E-state index is -0.422. The van der Waals surface area contributed by atoms with Crippen LogP contribution in [0.15, 0.2) is 23.3 Å². The van der Waals surface area contributed by atoms with Gasteiger partial charge in [0.15, 0.2) is 0 Å². The molecule has 16 heavy (non-hydrogen) atoms. The lowest BCUT2D eigenvalue weighted by atomic mass is 10.2. The number of benzene rings is 1. The fourth-order valence-corrected chi connectivity index (χ4v) is 1.25. The summed E-state index contributed by atoms with van der Waals surface area (Å²) in [5, 5.41) is 15.2. The van der Waals surface area contributed by atoms with Crippen LogP contribution in [0.25, 0.3) is 10.4 Å². The van der Waals surface area contributed by atoms with E-state index in [1.807, 2.05) is 0 Å². The first-order valence-electron chi connectivity index (χ1n) is 4.42. The zero-order valence-corrected chi connectivity index (χ0v) is 8.98. The van der Waals surface area contributed by atoms with Crippen molar-refractivity contribution in [2.75, 3.05) is 13.1 Å². The van der Waals surface area contributed by atoms with Crippen LogP contribution in [0.5, 0.6) is 5.75 Å². The van der Waals surface area contributed by atoms with E-state index < -0.39 is 5.91 Å². The van der Waals surface area contributed by atoms with Crippen LogP contribution >= 0.6 is 11.6 Å². The molecule has 1 rings (SSSR count). The summed E-state index contributed by atoms with van der Waals surface area (Å²) >= 11 is 5.78. The molecule has 0 fully saturated rings. The molecule has 0 aliphatic rings. The number of rotatable bonds is 4. The maximum Gasteiger partial charge on any atom is 0.252 e. The number of carbonyl (C=O) groups is 1. The number of hydrogen-bond acceptors (Lipinski definition) is 3. The maximum atomic E-state index is 11.5. The highest BCUT2D eigenvalue weighted by atomic mass is 35.5. The van der Waals surface area contributed by atoms with Crippen molar-refractivity contribution >= 4 is 17.5 Å². The van der Waals surface area contributed by atoms with Gasteiger partial charge < -0.3 is 10.4 Å². The van der Waals surface area contributed by atoms with E-state index in [1.54, 1.807) is 0 Å². The molecule has 0 unspecified atom stereocenters. The Morgan fingerprint density at radius 3 is 3.06 bits per heavy atom. The molecule has 0 radical (unpaired) electrons. The molecule has 0 heterocycles. The van der Waals surface area contributed by atoms with Crippen LogP contribution in [0.2, 0.25) is 5.02 Å². The molecular formula is C9H9ClN4O2. The second kappa shape index (κ2) is 5.85. The summed E-state index contributed by atoms with van der Waals surface area (Å²) in [6.07, 6.45) is 0. The minimum absolute atomic E-state index is 0.0374. The highest BCUT2D eigenvalue weighted by molar-refractivity contribution is 6.33. The largest absolute Gasteiger partial charge is 0.508 e. The lowest BCUT2D eigenvalue weighted by Gasteiger charge is -2.05. The predicted octanol–water partition coefficient (Wildman–Crippen LogP) is 2.09. The summed E-state index contributed by atoms with van der Waals surface area (Å²) < 4.78 is 0. The van der Waals surface area contributed by atoms with Crippen molar-refractivity contribution in [2.45, 2.75) is 0 Å². The zero-order valence-electron chi connectivity index (χ0n) is 8.22. The second-order valence-corrected chi connectivity index (χ2v) is 3.28. The Morgan fingerprint density at radius 2 is 2.38 bits per heavy atom. The number of azide groups is 1. The van der Waals surface area contributed by atoms with Gasteiger partial charge in [-0.25, -0.2) is 0 Å². The summed E-state index contributed by atoms with van der Waals surface area (Å²) in [7, 11) is 0. The smallest absolute Gasteiger partial charge is 0.252 e. The Morgan fingerprint density at radius 1 is 1.62 bits per heavy atom. The van der Waals surface area contributed by atoms with E-state index in [4.69, 9.17) is 17.1 Å². The highest BCUT2D eigenvalue weighted by Crippen LogP contribution is 2.20. The molecule has 0 aliphatic heterocycles. The lowest BCUT2D eigenvalue weighted by Crippen LogP contribution is -2.26. The lowest BCUT2D eigenvalue weighted by molar-refractivity contribution is 0.0954. The van der Waals surface area contributed by atoms with Gasteiger partial charge in [-0.05, 0) is 23.7 Å². The molecule has 0 aliphatic carbocycles. The SMILES string of the molecule is [N-]=[N+]=NCCNC(=O)c1cc(O)ccc1Cl. The maximum absolute atomic E-state index is 11.5. The van der Waals surface area contributed by atoms with Gasteiger partial charge in [0.05, 0.1) is 10.6 Å². The van der Waals surface area contributed by atoms with Crippen LogP contribution < -0.4 is 5.32 Å². The molecule has 0 bridgehead atoms. The third-order valence-electron chi connectivity index (χ3n) is 1.76. The zero-order chi connectivity index (χ0) is 12.0. The van der Waals surface area contributed by atoms with Crippen molar-refractivity contribution < 1.29 is 9.90 Å². The van der Waals surface area contributed by atoms with E-state index in [0.29, 0.717) is 0 Å². The van der Waals surface area contributed by atoms with Crippen LogP contribution in [0.3, 0.4) is 0 Å². The first-order valence-corrected chi connectivity index (χ1v) is 4.80. The number of nitrogens with zero attached hydrogens (tertiary/aromatic N) is 3. The fraction of sp³-hybridized carbons (Fsp3) is 0.222. The Bertz CT molecular complexity index is 443. The van der Waals surface area contributed by atoms with Crippen molar-refractivity contribution in [3.05, 3.63) is 39.2 Å². The van der Waals surface area contributed by atoms with Gasteiger partial charge in [-0.2, -0.15) is 0 Å². The van der Waals surface area contributed by atoms with Crippen molar-refractivity contribution in [1.29, 1.82) is 0 Å². The molecular weight excluding hydrogens is 232 g/mol. The molecule has 2 N–H and O–H groups in total. The van der Waals surface area contributed by atoms with Gasteiger partial charge in [0.1, 0.15) is 5.75 Å². The summed E-state index contributed by atoms with van der Waals surface area (Å²) in [6, 6.07) is 4.09. The normalized spacial score (nSPS) is 9.31. The van der Waals surface area contributed by atoms with Crippen LogP contribution in [0.1, 0.15) is 10.4 Å². The highest BCUT2D eigenvalue weighted by Gasteiger charge is 2.10. The van der Waals surface area contributed by atoms with Gasteiger partial charge in [0.2, 0.25) is 0 Å². The number of hydrogen-bond donors (Lipinski definition) is 2. The monoisotopic (exact) mass is 240 g/mol. The molecule has 0 saturated heterocycles. The molecule has 84 valence electrons. The number of aromatic hydroxyl groups is 1. The quantitative estimate of drug-likeness (QED) is 0.365. The minimum Gasteiger partial charge on any atom is -0.508 e. The number of phenols is 1. The van der Waals surface area contributed by atoms with Crippen LogP contribution in [0, 0.1) is 0 Å². The van der Waals surface area contributed by atoms with Gasteiger partial charge in [-0.15, -0.1) is 0 Å². The molecule has 0 saturated carbocycles. The first-order chi connectivity index (χ1) is 7.65. The van der Waals surface area contributed by atoms with Gasteiger partial charge in [0.25, 0.3) is 5.91 Å². The summed E-state index contributed by atoms with van der Waals surface area (Å²) in [5.74, 6) is -0.460. The molecule has 1 aromatic carbocycles. The van der Waals surface area contributed by atoms with E-state index in [2.05, 4.69) is 15.3 Å². The number of nitrogens with one attached hydrogen (secondary N) is 1. The standard InChI is InChI=1S/C9H9ClN4O2/c10-8-2-1-6(15)5-7(8)9(16)12-3-4-13-14-11/h1-2,5,15H,3-4H2,(H,12,16). The van der Waals surface area contributed by atoms with Crippen LogP contribution in [0.4, 0.5) is 0 Å². The van der Waals surface area contributed by atoms with Crippen molar-refractivity contribution in [3.63, 3.8) is 0 Å². The van der Waals surface area contributed by atoms with Crippen molar-refractivity contribution in [3.8, 4) is 5.75 Å². The molecule has 0 atom stereocenters. The number of carbonyl (C=O) groups excluding carboxylic acids is 1. The van der Waals surface area contributed by atoms with Crippen LogP contribution in [-0.2, 0) is 0 Å². The number of phenolic OH excluding ortho intramolecular Hbond substituents is 1. The van der Waals surface area contributed by atoms with Crippen molar-refractivity contribution in [2.24, 2.45) is 5.11 Å². The van der Waals surface area contributed by atoms with Gasteiger partial charge in [-0.1, -0.05) is 16.7 Å². The van der Waals surface area contributed by atoms with E-state index in [0.717, 1.165) is 0 Å². The van der Waals surface area contributed by atoms with E-state index in [9.17, 15) is 9.90 Å². The topological polar surface area (TPSA) is 98.1 Å². The average molecular weight is 241 g/mol. The molecule has 0 aromatic heterocycles. The Hall–Kier alpha value is -1.91. The predicted molar refractivity (Wildman–Crippen MR) is 59.5 cm³/mol. The molecule has 1 amide bonds. The molecule has 7 heteroatoms. The summed E-state index contributed by atoms with van der Waals surface area (Å²) in [5.41, 5.74) is 8.20. The second-order valence-electron chi connectivity index (χ2n) is 2.87. The van der Waals surface area contributed by atoms with E-state index in [1.165, 1.54) is 18.2 Å². The Balaban J connectivity index is 2.65. The van der Waals surface area contributed by atoms with Gasteiger partial charge in [-0.3, -0.25) is 4.79 Å². The fourth-order valence-electron chi connectivity index (χ4n) is 1.05. The number of amides is 1. The summed E-state index contributed by atoms with van der Waals surface area (Å²) in [4.78, 5) is 14.1. The molecule has 0 spiro atoms. The first kappa shape index (κ1) is 12.2. The molecule has 6 nitrogen and oxygen atoms in total.